The Balaban J connectivity index is 2.99. The van der Waals surface area contributed by atoms with Crippen molar-refractivity contribution in [2.45, 2.75) is 0 Å². The first-order valence-electron chi connectivity index (χ1n) is 5.84. The van der Waals surface area contributed by atoms with Crippen molar-refractivity contribution in [1.29, 1.82) is 10.5 Å². The van der Waals surface area contributed by atoms with E-state index in [1.807, 2.05) is 0 Å². The van der Waals surface area contributed by atoms with Crippen molar-refractivity contribution in [3.05, 3.63) is 45.2 Å². The highest BCUT2D eigenvalue weighted by atomic mass is 19.1. The van der Waals surface area contributed by atoms with E-state index in [0.717, 1.165) is 19.2 Å². The van der Waals surface area contributed by atoms with E-state index in [1.54, 1.807) is 12.1 Å². The van der Waals surface area contributed by atoms with Gasteiger partial charge in [0.2, 0.25) is 0 Å². The lowest BCUT2D eigenvalue weighted by atomic mass is 9.96. The van der Waals surface area contributed by atoms with Crippen LogP contribution in [0.3, 0.4) is 0 Å². The Morgan fingerprint density at radius 2 is 1.86 bits per heavy atom. The van der Waals surface area contributed by atoms with E-state index >= 15 is 0 Å². The minimum absolute atomic E-state index is 0.288. The van der Waals surface area contributed by atoms with Crippen LogP contribution in [0.1, 0.15) is 11.1 Å². The van der Waals surface area contributed by atoms with Crippen LogP contribution in [-0.2, 0) is 0 Å². The molecule has 8 heteroatoms. The minimum Gasteiger partial charge on any atom is -0.491 e. The molecule has 1 aromatic heterocycles. The molecular formula is C14H8F2N4O2. The van der Waals surface area contributed by atoms with Gasteiger partial charge in [-0.3, -0.25) is 4.79 Å². The number of hydrogen-bond acceptors (Lipinski definition) is 5. The number of rotatable bonds is 2. The van der Waals surface area contributed by atoms with Gasteiger partial charge in [-0.1, -0.05) is 0 Å². The first-order chi connectivity index (χ1) is 10.5. The fraction of sp³-hybridized carbons (Fsp3) is 0.0714. The number of H-pyrrole nitrogens is 1. The molecule has 0 bridgehead atoms. The van der Waals surface area contributed by atoms with Crippen molar-refractivity contribution in [2.24, 2.45) is 0 Å². The number of hydrogen-bond donors (Lipinski definition) is 2. The molecule has 1 aromatic carbocycles. The molecule has 1 heterocycles. The highest BCUT2D eigenvalue weighted by Crippen LogP contribution is 2.35. The van der Waals surface area contributed by atoms with Crippen molar-refractivity contribution in [1.82, 2.24) is 4.98 Å². The number of nitrogens with one attached hydrogen (secondary N) is 1. The fourth-order valence-electron chi connectivity index (χ4n) is 2.03. The molecule has 22 heavy (non-hydrogen) atoms. The van der Waals surface area contributed by atoms with Crippen LogP contribution in [0.4, 0.5) is 14.6 Å². The number of benzene rings is 1. The molecule has 0 aliphatic heterocycles. The number of nitriles is 2. The summed E-state index contributed by atoms with van der Waals surface area (Å²) in [6.07, 6.45) is 0. The van der Waals surface area contributed by atoms with E-state index in [2.05, 4.69) is 9.72 Å². The van der Waals surface area contributed by atoms with E-state index in [1.165, 1.54) is 0 Å². The minimum atomic E-state index is -1.14. The molecule has 0 saturated heterocycles. The molecule has 2 aromatic rings. The summed E-state index contributed by atoms with van der Waals surface area (Å²) in [4.78, 5) is 13.9. The topological polar surface area (TPSA) is 116 Å². The SMILES string of the molecule is COc1c(F)ccc(-c2c(C#N)c(N)[nH]c(=O)c2C#N)c1F. The number of nitrogens with two attached hydrogens (primary N) is 1. The fourth-order valence-corrected chi connectivity index (χ4v) is 2.03. The van der Waals surface area contributed by atoms with Gasteiger partial charge in [-0.25, -0.2) is 8.78 Å². The van der Waals surface area contributed by atoms with Crippen LogP contribution < -0.4 is 16.0 Å². The second-order valence-electron chi connectivity index (χ2n) is 4.16. The monoisotopic (exact) mass is 302 g/mol. The van der Waals surface area contributed by atoms with Gasteiger partial charge in [0.1, 0.15) is 29.1 Å². The van der Waals surface area contributed by atoms with Crippen molar-refractivity contribution < 1.29 is 13.5 Å². The summed E-state index contributed by atoms with van der Waals surface area (Å²) in [5, 5.41) is 18.2. The van der Waals surface area contributed by atoms with Gasteiger partial charge in [0.15, 0.2) is 17.4 Å². The first-order valence-corrected chi connectivity index (χ1v) is 5.84. The number of nitrogen functional groups attached to an aromatic ring is 1. The average molecular weight is 302 g/mol. The smallest absolute Gasteiger partial charge is 0.268 e. The Kier molecular flexibility index (Phi) is 3.78. The number of methoxy groups -OCH3 is 1. The van der Waals surface area contributed by atoms with Gasteiger partial charge in [-0.2, -0.15) is 10.5 Å². The number of pyridine rings is 1. The number of ether oxygens (including phenoxy) is 1. The molecule has 2 rings (SSSR count). The molecule has 0 spiro atoms. The Morgan fingerprint density at radius 1 is 1.23 bits per heavy atom. The van der Waals surface area contributed by atoms with Crippen LogP contribution in [0, 0.1) is 34.3 Å². The lowest BCUT2D eigenvalue weighted by molar-refractivity contribution is 0.360. The third kappa shape index (κ3) is 2.13. The second-order valence-corrected chi connectivity index (χ2v) is 4.16. The number of nitrogens with zero attached hydrogens (tertiary/aromatic N) is 2. The third-order valence-electron chi connectivity index (χ3n) is 2.99. The largest absolute Gasteiger partial charge is 0.491 e. The van der Waals surface area contributed by atoms with Crippen LogP contribution in [0.2, 0.25) is 0 Å². The van der Waals surface area contributed by atoms with Gasteiger partial charge in [0.05, 0.1) is 7.11 Å². The average Bonchev–Trinajstić information content (AvgIpc) is 2.47. The summed E-state index contributed by atoms with van der Waals surface area (Å²) in [7, 11) is 1.06. The zero-order valence-corrected chi connectivity index (χ0v) is 11.2. The zero-order chi connectivity index (χ0) is 16.4. The predicted molar refractivity (Wildman–Crippen MR) is 72.8 cm³/mol. The molecule has 110 valence electrons. The van der Waals surface area contributed by atoms with Crippen molar-refractivity contribution in [2.75, 3.05) is 12.8 Å². The summed E-state index contributed by atoms with van der Waals surface area (Å²) in [6.45, 7) is 0. The summed E-state index contributed by atoms with van der Waals surface area (Å²) in [6, 6.07) is 5.19. The number of halogens is 2. The molecule has 0 radical (unpaired) electrons. The first kappa shape index (κ1) is 15.0. The summed E-state index contributed by atoms with van der Waals surface area (Å²) in [5.41, 5.74) is 3.23. The lowest BCUT2D eigenvalue weighted by Crippen LogP contribution is -2.16. The Hall–Kier alpha value is -3.39. The number of aromatic amines is 1. The summed E-state index contributed by atoms with van der Waals surface area (Å²) >= 11 is 0. The van der Waals surface area contributed by atoms with Crippen LogP contribution in [0.5, 0.6) is 5.75 Å². The molecule has 0 aliphatic rings. The molecule has 6 nitrogen and oxygen atoms in total. The highest BCUT2D eigenvalue weighted by molar-refractivity contribution is 5.81. The Labute approximate surface area is 123 Å². The predicted octanol–water partition coefficient (Wildman–Crippen LogP) is 1.65. The quantitative estimate of drug-likeness (QED) is 0.875. The van der Waals surface area contributed by atoms with Gasteiger partial charge in [0, 0.05) is 11.1 Å². The van der Waals surface area contributed by atoms with Gasteiger partial charge in [0.25, 0.3) is 5.56 Å². The number of anilines is 1. The summed E-state index contributed by atoms with van der Waals surface area (Å²) in [5.74, 6) is -3.10. The maximum absolute atomic E-state index is 14.4. The molecule has 0 atom stereocenters. The highest BCUT2D eigenvalue weighted by Gasteiger charge is 2.23. The van der Waals surface area contributed by atoms with Gasteiger partial charge < -0.3 is 15.5 Å². The summed E-state index contributed by atoms with van der Waals surface area (Å²) < 4.78 is 32.5. The van der Waals surface area contributed by atoms with E-state index in [0.29, 0.717) is 0 Å². The van der Waals surface area contributed by atoms with E-state index in [4.69, 9.17) is 16.3 Å². The van der Waals surface area contributed by atoms with Gasteiger partial charge >= 0.3 is 0 Å². The molecular weight excluding hydrogens is 294 g/mol. The van der Waals surface area contributed by atoms with E-state index < -0.39 is 28.5 Å². The van der Waals surface area contributed by atoms with Crippen molar-refractivity contribution in [3.8, 4) is 29.0 Å². The molecule has 0 unspecified atom stereocenters. The van der Waals surface area contributed by atoms with Crippen molar-refractivity contribution >= 4 is 5.82 Å². The number of aromatic nitrogens is 1. The molecule has 0 amide bonds. The lowest BCUT2D eigenvalue weighted by Gasteiger charge is -2.12. The normalized spacial score (nSPS) is 9.86. The standard InChI is InChI=1S/C14H8F2N4O2/c1-22-12-9(15)3-2-6(11(12)16)10-7(4-17)13(19)20-14(21)8(10)5-18/h2-3H,1H3,(H3,19,20,21). The van der Waals surface area contributed by atoms with E-state index in [9.17, 15) is 13.6 Å². The van der Waals surface area contributed by atoms with Crippen LogP contribution in [0.15, 0.2) is 16.9 Å². The molecule has 3 N–H and O–H groups in total. The molecule has 0 saturated carbocycles. The van der Waals surface area contributed by atoms with E-state index in [-0.39, 0.29) is 22.5 Å². The van der Waals surface area contributed by atoms with Crippen LogP contribution >= 0.6 is 0 Å². The zero-order valence-electron chi connectivity index (χ0n) is 11.2. The van der Waals surface area contributed by atoms with Gasteiger partial charge in [-0.15, -0.1) is 0 Å². The van der Waals surface area contributed by atoms with Crippen LogP contribution in [0.25, 0.3) is 11.1 Å². The Bertz CT molecular complexity index is 907. The maximum atomic E-state index is 14.4. The van der Waals surface area contributed by atoms with Crippen molar-refractivity contribution in [3.63, 3.8) is 0 Å². The maximum Gasteiger partial charge on any atom is 0.268 e. The third-order valence-corrected chi connectivity index (χ3v) is 2.99. The second kappa shape index (κ2) is 5.54. The molecule has 0 fully saturated rings. The Morgan fingerprint density at radius 3 is 2.41 bits per heavy atom. The van der Waals surface area contributed by atoms with Gasteiger partial charge in [-0.05, 0) is 12.1 Å². The molecule has 0 aliphatic carbocycles. The van der Waals surface area contributed by atoms with Crippen LogP contribution in [-0.4, -0.2) is 12.1 Å².